The van der Waals surface area contributed by atoms with Crippen LogP contribution < -0.4 is 10.6 Å². The molecule has 1 aromatic rings. The van der Waals surface area contributed by atoms with Crippen molar-refractivity contribution < 1.29 is 13.9 Å². The third-order valence-electron chi connectivity index (χ3n) is 3.75. The lowest BCUT2D eigenvalue weighted by Gasteiger charge is -2.36. The first-order chi connectivity index (χ1) is 11.5. The summed E-state index contributed by atoms with van der Waals surface area (Å²) in [6, 6.07) is 6.49. The molecule has 1 aliphatic heterocycles. The van der Waals surface area contributed by atoms with E-state index in [-0.39, 0.29) is 48.3 Å². The van der Waals surface area contributed by atoms with Crippen molar-refractivity contribution in [3.05, 3.63) is 30.1 Å². The highest BCUT2D eigenvalue weighted by molar-refractivity contribution is 14.0. The second-order valence-electron chi connectivity index (χ2n) is 5.98. The average molecular weight is 464 g/mol. The number of nitrogens with two attached hydrogens (primary N) is 1. The molecule has 1 aromatic carbocycles. The lowest BCUT2D eigenvalue weighted by atomic mass is 10.2. The van der Waals surface area contributed by atoms with Crippen molar-refractivity contribution in [1.82, 2.24) is 4.90 Å². The summed E-state index contributed by atoms with van der Waals surface area (Å²) in [6.07, 6.45) is 0.118. The number of halogens is 2. The zero-order chi connectivity index (χ0) is 17.5. The van der Waals surface area contributed by atoms with Crippen LogP contribution in [0.2, 0.25) is 0 Å². The van der Waals surface area contributed by atoms with E-state index in [9.17, 15) is 9.18 Å². The van der Waals surface area contributed by atoms with E-state index in [0.29, 0.717) is 12.5 Å². The fourth-order valence-electron chi connectivity index (χ4n) is 2.53. The molecule has 2 N–H and O–H groups in total. The van der Waals surface area contributed by atoms with E-state index in [4.69, 9.17) is 10.5 Å². The smallest absolute Gasteiger partial charge is 0.307 e. The standard InChI is InChI=1S/C17H25FN4O2.HI/c1-13(2)24-16(23)7-8-20-17(19)22-11-9-21(10-12-22)15-5-3-14(18)4-6-15;/h3-6,13H,7-12H2,1-2H3,(H2,19,20);1H. The summed E-state index contributed by atoms with van der Waals surface area (Å²) >= 11 is 0. The molecule has 1 fully saturated rings. The number of anilines is 1. The van der Waals surface area contributed by atoms with Gasteiger partial charge >= 0.3 is 5.97 Å². The second-order valence-corrected chi connectivity index (χ2v) is 5.98. The van der Waals surface area contributed by atoms with Gasteiger partial charge in [-0.1, -0.05) is 0 Å². The van der Waals surface area contributed by atoms with Crippen LogP contribution in [0.5, 0.6) is 0 Å². The maximum Gasteiger partial charge on any atom is 0.307 e. The lowest BCUT2D eigenvalue weighted by molar-refractivity contribution is -0.147. The third kappa shape index (κ3) is 7.05. The molecular weight excluding hydrogens is 438 g/mol. The number of carbonyl (C=O) groups excluding carboxylic acids is 1. The first kappa shape index (κ1) is 21.5. The molecule has 1 heterocycles. The number of nitrogens with zero attached hydrogens (tertiary/aromatic N) is 3. The van der Waals surface area contributed by atoms with Crippen LogP contribution in [0, 0.1) is 5.82 Å². The van der Waals surface area contributed by atoms with Crippen LogP contribution >= 0.6 is 24.0 Å². The maximum atomic E-state index is 13.0. The Hall–Kier alpha value is -1.58. The van der Waals surface area contributed by atoms with E-state index < -0.39 is 0 Å². The average Bonchev–Trinajstić information content (AvgIpc) is 2.55. The molecule has 0 saturated carbocycles. The van der Waals surface area contributed by atoms with Crippen molar-refractivity contribution in [2.75, 3.05) is 37.6 Å². The maximum absolute atomic E-state index is 13.0. The molecule has 0 aromatic heterocycles. The molecule has 0 amide bonds. The normalized spacial score (nSPS) is 15.1. The summed E-state index contributed by atoms with van der Waals surface area (Å²) in [7, 11) is 0. The van der Waals surface area contributed by atoms with Crippen molar-refractivity contribution in [3.8, 4) is 0 Å². The molecule has 140 valence electrons. The van der Waals surface area contributed by atoms with Gasteiger partial charge in [0.25, 0.3) is 0 Å². The van der Waals surface area contributed by atoms with Gasteiger partial charge in [-0.15, -0.1) is 24.0 Å². The highest BCUT2D eigenvalue weighted by atomic mass is 127. The van der Waals surface area contributed by atoms with Crippen LogP contribution in [0.25, 0.3) is 0 Å². The van der Waals surface area contributed by atoms with E-state index in [1.807, 2.05) is 18.7 Å². The summed E-state index contributed by atoms with van der Waals surface area (Å²) in [5, 5.41) is 0. The molecule has 0 bridgehead atoms. The van der Waals surface area contributed by atoms with Gasteiger partial charge in [0.1, 0.15) is 5.82 Å². The minimum Gasteiger partial charge on any atom is -0.463 e. The van der Waals surface area contributed by atoms with Crippen LogP contribution in [0.4, 0.5) is 10.1 Å². The van der Waals surface area contributed by atoms with Gasteiger partial charge in [-0.25, -0.2) is 4.39 Å². The first-order valence-electron chi connectivity index (χ1n) is 8.20. The van der Waals surface area contributed by atoms with Gasteiger partial charge in [0.2, 0.25) is 0 Å². The molecule has 0 spiro atoms. The lowest BCUT2D eigenvalue weighted by Crippen LogP contribution is -2.51. The Balaban J connectivity index is 0.00000312. The SMILES string of the molecule is CC(C)OC(=O)CCN=C(N)N1CCN(c2ccc(F)cc2)CC1.I. The molecule has 6 nitrogen and oxygen atoms in total. The zero-order valence-electron chi connectivity index (χ0n) is 14.7. The molecule has 0 aliphatic carbocycles. The highest BCUT2D eigenvalue weighted by Crippen LogP contribution is 2.16. The van der Waals surface area contributed by atoms with Crippen LogP contribution in [0.15, 0.2) is 29.3 Å². The Morgan fingerprint density at radius 3 is 2.40 bits per heavy atom. The topological polar surface area (TPSA) is 71.2 Å². The first-order valence-corrected chi connectivity index (χ1v) is 8.20. The molecular formula is C17H26FIN4O2. The Morgan fingerprint density at radius 2 is 1.84 bits per heavy atom. The molecule has 0 atom stereocenters. The predicted octanol–water partition coefficient (Wildman–Crippen LogP) is 2.22. The van der Waals surface area contributed by atoms with Crippen molar-refractivity contribution in [1.29, 1.82) is 0 Å². The summed E-state index contributed by atoms with van der Waals surface area (Å²) in [5.41, 5.74) is 7.00. The summed E-state index contributed by atoms with van der Waals surface area (Å²) in [5.74, 6) is -0.0430. The Morgan fingerprint density at radius 1 is 1.24 bits per heavy atom. The number of esters is 1. The van der Waals surface area contributed by atoms with Gasteiger partial charge in [0.15, 0.2) is 5.96 Å². The number of benzene rings is 1. The largest absolute Gasteiger partial charge is 0.463 e. The van der Waals surface area contributed by atoms with E-state index in [1.54, 1.807) is 12.1 Å². The molecule has 8 heteroatoms. The molecule has 2 rings (SSSR count). The number of aliphatic imine (C=N–C) groups is 1. The quantitative estimate of drug-likeness (QED) is 0.313. The van der Waals surface area contributed by atoms with Crippen molar-refractivity contribution in [2.45, 2.75) is 26.4 Å². The number of guanidine groups is 1. The molecule has 1 saturated heterocycles. The van der Waals surface area contributed by atoms with Crippen molar-refractivity contribution in [3.63, 3.8) is 0 Å². The van der Waals surface area contributed by atoms with Gasteiger partial charge in [-0.2, -0.15) is 0 Å². The number of hydrogen-bond donors (Lipinski definition) is 1. The van der Waals surface area contributed by atoms with Gasteiger partial charge in [-0.3, -0.25) is 9.79 Å². The van der Waals surface area contributed by atoms with E-state index in [1.165, 1.54) is 12.1 Å². The van der Waals surface area contributed by atoms with Gasteiger partial charge in [0, 0.05) is 31.9 Å². The third-order valence-corrected chi connectivity index (χ3v) is 3.75. The number of rotatable bonds is 5. The van der Waals surface area contributed by atoms with Crippen LogP contribution in [-0.4, -0.2) is 55.7 Å². The summed E-state index contributed by atoms with van der Waals surface area (Å²) < 4.78 is 18.0. The summed E-state index contributed by atoms with van der Waals surface area (Å²) in [4.78, 5) is 19.9. The summed E-state index contributed by atoms with van der Waals surface area (Å²) in [6.45, 7) is 7.02. The van der Waals surface area contributed by atoms with E-state index in [2.05, 4.69) is 9.89 Å². The fraction of sp³-hybridized carbons (Fsp3) is 0.529. The molecule has 0 radical (unpaired) electrons. The van der Waals surface area contributed by atoms with Crippen LogP contribution in [-0.2, 0) is 9.53 Å². The monoisotopic (exact) mass is 464 g/mol. The van der Waals surface area contributed by atoms with Gasteiger partial charge in [0.05, 0.1) is 19.1 Å². The number of carbonyl (C=O) groups is 1. The Bertz CT molecular complexity index is 573. The van der Waals surface area contributed by atoms with Gasteiger partial charge in [-0.05, 0) is 38.1 Å². The fourth-order valence-corrected chi connectivity index (χ4v) is 2.53. The van der Waals surface area contributed by atoms with E-state index >= 15 is 0 Å². The second kappa shape index (κ2) is 10.4. The van der Waals surface area contributed by atoms with Crippen molar-refractivity contribution in [2.24, 2.45) is 10.7 Å². The van der Waals surface area contributed by atoms with Crippen molar-refractivity contribution >= 4 is 41.6 Å². The highest BCUT2D eigenvalue weighted by Gasteiger charge is 2.18. The number of ether oxygens (including phenoxy) is 1. The molecule has 25 heavy (non-hydrogen) atoms. The molecule has 0 unspecified atom stereocenters. The van der Waals surface area contributed by atoms with Gasteiger partial charge < -0.3 is 20.3 Å². The van der Waals surface area contributed by atoms with Crippen LogP contribution in [0.1, 0.15) is 20.3 Å². The minimum absolute atomic E-state index is 0. The number of piperazine rings is 1. The minimum atomic E-state index is -0.261. The Labute approximate surface area is 165 Å². The van der Waals surface area contributed by atoms with Crippen LogP contribution in [0.3, 0.4) is 0 Å². The van der Waals surface area contributed by atoms with E-state index in [0.717, 1.165) is 31.9 Å². The molecule has 1 aliphatic rings. The predicted molar refractivity (Wildman–Crippen MR) is 108 cm³/mol. The zero-order valence-corrected chi connectivity index (χ0v) is 17.0. The number of hydrogen-bond acceptors (Lipinski definition) is 4. The Kier molecular flexibility index (Phi) is 8.95.